The molecule has 3 nitrogen and oxygen atoms in total. The summed E-state index contributed by atoms with van der Waals surface area (Å²) >= 11 is 0. The second kappa shape index (κ2) is 7.95. The van der Waals surface area contributed by atoms with Crippen molar-refractivity contribution in [1.29, 1.82) is 0 Å². The third-order valence-electron chi connectivity index (χ3n) is 13.2. The average Bonchev–Trinajstić information content (AvgIpc) is 3.16. The number of ether oxygens (including phenoxy) is 1. The zero-order valence-electron chi connectivity index (χ0n) is 23.5. The van der Waals surface area contributed by atoms with Gasteiger partial charge in [0.1, 0.15) is 0 Å². The summed E-state index contributed by atoms with van der Waals surface area (Å²) in [6.07, 6.45) is 12.9. The Hall–Kier alpha value is -1.09. The maximum atomic E-state index is 11.8. The van der Waals surface area contributed by atoms with Crippen molar-refractivity contribution >= 4 is 5.97 Å². The van der Waals surface area contributed by atoms with Crippen molar-refractivity contribution in [2.24, 2.45) is 50.7 Å². The molecule has 4 fully saturated rings. The normalized spacial score (nSPS) is 50.2. The molecule has 0 aromatic heterocycles. The Balaban J connectivity index is 1.58. The first-order valence-electron chi connectivity index (χ1n) is 14.4. The predicted octanol–water partition coefficient (Wildman–Crippen LogP) is 7.49. The van der Waals surface area contributed by atoms with Gasteiger partial charge in [-0.2, -0.15) is 0 Å². The van der Waals surface area contributed by atoms with Crippen LogP contribution in [0.5, 0.6) is 0 Å². The maximum Gasteiger partial charge on any atom is 0.302 e. The lowest BCUT2D eigenvalue weighted by molar-refractivity contribution is -0.202. The molecular formula is C32H50O3. The first-order valence-corrected chi connectivity index (χ1v) is 14.4. The molecule has 3 unspecified atom stereocenters. The number of rotatable bonds is 3. The van der Waals surface area contributed by atoms with Gasteiger partial charge in [-0.25, -0.2) is 0 Å². The number of hydrogen-bond acceptors (Lipinski definition) is 3. The van der Waals surface area contributed by atoms with E-state index in [1.54, 1.807) is 12.5 Å². The summed E-state index contributed by atoms with van der Waals surface area (Å²) in [5.41, 5.74) is 3.75. The van der Waals surface area contributed by atoms with Crippen LogP contribution in [0.2, 0.25) is 0 Å². The van der Waals surface area contributed by atoms with E-state index in [0.717, 1.165) is 32.1 Å². The summed E-state index contributed by atoms with van der Waals surface area (Å²) in [6.45, 7) is 21.2. The molecule has 5 aliphatic rings. The van der Waals surface area contributed by atoms with Crippen LogP contribution in [0.4, 0.5) is 0 Å². The summed E-state index contributed by atoms with van der Waals surface area (Å²) in [4.78, 5) is 11.8. The first kappa shape index (κ1) is 25.6. The van der Waals surface area contributed by atoms with Crippen molar-refractivity contribution in [1.82, 2.24) is 0 Å². The molecule has 0 aromatic rings. The SMILES string of the molecule is C=C(C)[C@@H]1CC[C@]2(COC(C)=O)CC[C@]3(C)C(=CCC4[C@@]5(C)CC[C@H](O)C(C)(C)C5CC[C@]43C)C12. The highest BCUT2D eigenvalue weighted by Gasteiger charge is 2.69. The standard InChI is InChI=1S/C32H50O3/c1-20(2)22-11-16-32(19-35-21(3)33)18-17-30(7)23(27(22)32)9-10-25-29(6)14-13-26(34)28(4,5)24(29)12-15-31(25,30)8/h9,22,24-27,34H,1,10-19H2,2-8H3/t22-,24?,25?,26-,27?,29-,30+,31+,32+/m0/s1. The van der Waals surface area contributed by atoms with E-state index in [4.69, 9.17) is 4.74 Å². The topological polar surface area (TPSA) is 46.5 Å². The number of fused-ring (bicyclic) bond motifs is 7. The highest BCUT2D eigenvalue weighted by molar-refractivity contribution is 5.66. The molecule has 0 saturated heterocycles. The largest absolute Gasteiger partial charge is 0.465 e. The first-order chi connectivity index (χ1) is 16.2. The summed E-state index contributed by atoms with van der Waals surface area (Å²) in [5.74, 6) is 2.03. The third-order valence-corrected chi connectivity index (χ3v) is 13.2. The minimum absolute atomic E-state index is 0.0124. The van der Waals surface area contributed by atoms with Crippen molar-refractivity contribution in [3.05, 3.63) is 23.8 Å². The summed E-state index contributed by atoms with van der Waals surface area (Å²) in [5, 5.41) is 10.9. The van der Waals surface area contributed by atoms with Gasteiger partial charge in [-0.1, -0.05) is 58.4 Å². The van der Waals surface area contributed by atoms with Gasteiger partial charge in [0.2, 0.25) is 0 Å². The van der Waals surface area contributed by atoms with E-state index in [1.165, 1.54) is 31.3 Å². The molecule has 1 N–H and O–H groups in total. The van der Waals surface area contributed by atoms with Gasteiger partial charge in [-0.3, -0.25) is 4.79 Å². The van der Waals surface area contributed by atoms with E-state index in [9.17, 15) is 9.90 Å². The van der Waals surface area contributed by atoms with Gasteiger partial charge in [-0.15, -0.1) is 0 Å². The average molecular weight is 483 g/mol. The van der Waals surface area contributed by atoms with Crippen LogP contribution in [-0.4, -0.2) is 23.8 Å². The van der Waals surface area contributed by atoms with E-state index >= 15 is 0 Å². The van der Waals surface area contributed by atoms with Crippen LogP contribution < -0.4 is 0 Å². The molecule has 5 aliphatic carbocycles. The van der Waals surface area contributed by atoms with Gasteiger partial charge in [0, 0.05) is 12.3 Å². The fourth-order valence-electron chi connectivity index (χ4n) is 11.0. The molecule has 9 atom stereocenters. The molecule has 196 valence electrons. The van der Waals surface area contributed by atoms with Gasteiger partial charge in [-0.05, 0) is 110 Å². The molecule has 35 heavy (non-hydrogen) atoms. The van der Waals surface area contributed by atoms with E-state index in [0.29, 0.717) is 30.3 Å². The zero-order chi connectivity index (χ0) is 25.6. The molecule has 0 radical (unpaired) electrons. The fraction of sp³-hybridized carbons (Fsp3) is 0.844. The quantitative estimate of drug-likeness (QED) is 0.335. The van der Waals surface area contributed by atoms with Gasteiger partial charge in [0.15, 0.2) is 0 Å². The van der Waals surface area contributed by atoms with Gasteiger partial charge >= 0.3 is 5.97 Å². The molecule has 0 amide bonds. The number of allylic oxidation sites excluding steroid dienone is 3. The molecule has 3 heteroatoms. The highest BCUT2D eigenvalue weighted by Crippen LogP contribution is 2.76. The number of aliphatic hydroxyl groups excluding tert-OH is 1. The van der Waals surface area contributed by atoms with Crippen LogP contribution in [-0.2, 0) is 9.53 Å². The van der Waals surface area contributed by atoms with Crippen molar-refractivity contribution in [3.8, 4) is 0 Å². The van der Waals surface area contributed by atoms with Gasteiger partial charge in [0.05, 0.1) is 12.7 Å². The second-order valence-electron chi connectivity index (χ2n) is 14.8. The Morgan fingerprint density at radius 3 is 2.37 bits per heavy atom. The Labute approximate surface area is 214 Å². The van der Waals surface area contributed by atoms with Crippen LogP contribution in [0.25, 0.3) is 0 Å². The molecule has 0 bridgehead atoms. The number of carbonyl (C=O) groups is 1. The molecule has 5 rings (SSSR count). The maximum absolute atomic E-state index is 11.8. The number of esters is 1. The Bertz CT molecular complexity index is 946. The number of carbonyl (C=O) groups excluding carboxylic acids is 1. The lowest BCUT2D eigenvalue weighted by Crippen LogP contribution is -2.64. The van der Waals surface area contributed by atoms with E-state index < -0.39 is 0 Å². The number of hydrogen-bond donors (Lipinski definition) is 1. The van der Waals surface area contributed by atoms with Crippen LogP contribution >= 0.6 is 0 Å². The molecule has 4 saturated carbocycles. The molecule has 0 aliphatic heterocycles. The van der Waals surface area contributed by atoms with Crippen LogP contribution in [0.1, 0.15) is 106 Å². The Kier molecular flexibility index (Phi) is 5.81. The van der Waals surface area contributed by atoms with Crippen molar-refractivity contribution < 1.29 is 14.6 Å². The van der Waals surface area contributed by atoms with E-state index in [2.05, 4.69) is 54.2 Å². The molecular weight excluding hydrogens is 432 g/mol. The number of aliphatic hydroxyl groups is 1. The lowest BCUT2D eigenvalue weighted by Gasteiger charge is -2.70. The highest BCUT2D eigenvalue weighted by atomic mass is 16.5. The van der Waals surface area contributed by atoms with E-state index in [-0.39, 0.29) is 39.1 Å². The molecule has 0 aromatic carbocycles. The van der Waals surface area contributed by atoms with Crippen LogP contribution in [0.3, 0.4) is 0 Å². The minimum atomic E-state index is -0.179. The lowest BCUT2D eigenvalue weighted by atomic mass is 9.34. The Morgan fingerprint density at radius 2 is 1.71 bits per heavy atom. The smallest absolute Gasteiger partial charge is 0.302 e. The summed E-state index contributed by atoms with van der Waals surface area (Å²) in [6, 6.07) is 0. The second-order valence-corrected chi connectivity index (χ2v) is 14.8. The fourth-order valence-corrected chi connectivity index (χ4v) is 11.0. The monoisotopic (exact) mass is 482 g/mol. The van der Waals surface area contributed by atoms with Crippen molar-refractivity contribution in [3.63, 3.8) is 0 Å². The van der Waals surface area contributed by atoms with Crippen molar-refractivity contribution in [2.45, 2.75) is 112 Å². The molecule has 0 spiro atoms. The zero-order valence-corrected chi connectivity index (χ0v) is 23.5. The summed E-state index contributed by atoms with van der Waals surface area (Å²) < 4.78 is 5.76. The minimum Gasteiger partial charge on any atom is -0.465 e. The Morgan fingerprint density at radius 1 is 1.00 bits per heavy atom. The third kappa shape index (κ3) is 3.28. The van der Waals surface area contributed by atoms with Gasteiger partial charge in [0.25, 0.3) is 0 Å². The van der Waals surface area contributed by atoms with Crippen LogP contribution in [0, 0.1) is 50.7 Å². The molecule has 0 heterocycles. The summed E-state index contributed by atoms with van der Waals surface area (Å²) in [7, 11) is 0. The van der Waals surface area contributed by atoms with Crippen molar-refractivity contribution in [2.75, 3.05) is 6.61 Å². The van der Waals surface area contributed by atoms with E-state index in [1.807, 2.05) is 0 Å². The van der Waals surface area contributed by atoms with Crippen LogP contribution in [0.15, 0.2) is 23.8 Å². The van der Waals surface area contributed by atoms with Gasteiger partial charge < -0.3 is 9.84 Å². The predicted molar refractivity (Wildman–Crippen MR) is 142 cm³/mol.